The van der Waals surface area contributed by atoms with Crippen LogP contribution in [0.3, 0.4) is 0 Å². The van der Waals surface area contributed by atoms with Crippen LogP contribution in [0.15, 0.2) is 29.3 Å². The van der Waals surface area contributed by atoms with Crippen molar-refractivity contribution in [3.8, 4) is 5.75 Å². The van der Waals surface area contributed by atoms with Crippen molar-refractivity contribution in [2.24, 2.45) is 4.99 Å². The lowest BCUT2D eigenvalue weighted by Gasteiger charge is -2.13. The first-order chi connectivity index (χ1) is 12.8. The van der Waals surface area contributed by atoms with Crippen LogP contribution in [0.4, 0.5) is 0 Å². The van der Waals surface area contributed by atoms with E-state index in [-0.39, 0.29) is 0 Å². The Balaban J connectivity index is 2.43. The summed E-state index contributed by atoms with van der Waals surface area (Å²) in [5.74, 6) is 1.62. The molecule has 0 unspecified atom stereocenters. The Labute approximate surface area is 157 Å². The molecule has 1 aromatic carbocycles. The molecule has 7 heteroatoms. The Bertz CT molecular complexity index is 480. The second-order valence-electron chi connectivity index (χ2n) is 5.52. The second kappa shape index (κ2) is 15.4. The van der Waals surface area contributed by atoms with Gasteiger partial charge in [0, 0.05) is 33.4 Å². The third-order valence-electron chi connectivity index (χ3n) is 3.51. The topological polar surface area (TPSA) is 73.3 Å². The summed E-state index contributed by atoms with van der Waals surface area (Å²) in [6.07, 6.45) is 0.932. The van der Waals surface area contributed by atoms with Crippen LogP contribution in [-0.4, -0.2) is 66.3 Å². The number of rotatable bonds is 14. The van der Waals surface area contributed by atoms with Crippen LogP contribution in [0, 0.1) is 0 Å². The predicted octanol–water partition coefficient (Wildman–Crippen LogP) is 1.82. The van der Waals surface area contributed by atoms with Gasteiger partial charge >= 0.3 is 0 Å². The van der Waals surface area contributed by atoms with E-state index in [2.05, 4.69) is 15.6 Å². The Hall–Kier alpha value is -1.83. The van der Waals surface area contributed by atoms with Gasteiger partial charge < -0.3 is 29.6 Å². The zero-order valence-electron chi connectivity index (χ0n) is 16.3. The summed E-state index contributed by atoms with van der Waals surface area (Å²) in [6.45, 7) is 7.38. The van der Waals surface area contributed by atoms with E-state index >= 15 is 0 Å². The molecule has 1 aromatic rings. The summed E-state index contributed by atoms with van der Waals surface area (Å²) in [5.41, 5.74) is 1.12. The first-order valence-corrected chi connectivity index (χ1v) is 9.09. The van der Waals surface area contributed by atoms with Gasteiger partial charge in [-0.05, 0) is 31.0 Å². The molecule has 0 amide bonds. The number of hydrogen-bond donors (Lipinski definition) is 2. The first-order valence-electron chi connectivity index (χ1n) is 9.09. The highest BCUT2D eigenvalue weighted by Crippen LogP contribution is 2.11. The number of guanidine groups is 1. The summed E-state index contributed by atoms with van der Waals surface area (Å²) in [6, 6.07) is 7.92. The molecule has 0 saturated heterocycles. The lowest BCUT2D eigenvalue weighted by molar-refractivity contribution is 0.0733. The fourth-order valence-electron chi connectivity index (χ4n) is 2.09. The largest absolute Gasteiger partial charge is 0.497 e. The van der Waals surface area contributed by atoms with Gasteiger partial charge in [0.2, 0.25) is 0 Å². The molecular weight excluding hydrogens is 334 g/mol. The summed E-state index contributed by atoms with van der Waals surface area (Å²) >= 11 is 0. The van der Waals surface area contributed by atoms with E-state index in [9.17, 15) is 0 Å². The standard InChI is InChI=1S/C19H33N3O4/c1-4-25-12-5-10-20-19(21-11-13-26-15-14-23-2)22-16-17-6-8-18(24-3)9-7-17/h6-9H,4-5,10-16H2,1-3H3,(H2,20,21,22). The molecule has 7 nitrogen and oxygen atoms in total. The van der Waals surface area contributed by atoms with Crippen LogP contribution in [-0.2, 0) is 20.8 Å². The predicted molar refractivity (Wildman–Crippen MR) is 104 cm³/mol. The van der Waals surface area contributed by atoms with Gasteiger partial charge in [0.25, 0.3) is 0 Å². The number of ether oxygens (including phenoxy) is 4. The smallest absolute Gasteiger partial charge is 0.191 e. The summed E-state index contributed by atoms with van der Waals surface area (Å²) in [5, 5.41) is 6.62. The highest BCUT2D eigenvalue weighted by Gasteiger charge is 2.00. The minimum Gasteiger partial charge on any atom is -0.497 e. The number of aliphatic imine (C=N–C) groups is 1. The van der Waals surface area contributed by atoms with Crippen molar-refractivity contribution >= 4 is 5.96 Å². The van der Waals surface area contributed by atoms with Gasteiger partial charge in [-0.25, -0.2) is 4.99 Å². The lowest BCUT2D eigenvalue weighted by atomic mass is 10.2. The zero-order chi connectivity index (χ0) is 18.9. The summed E-state index contributed by atoms with van der Waals surface area (Å²) < 4.78 is 21.0. The van der Waals surface area contributed by atoms with E-state index in [4.69, 9.17) is 18.9 Å². The molecule has 1 rings (SSSR count). The average molecular weight is 367 g/mol. The molecular formula is C19H33N3O4. The maximum Gasteiger partial charge on any atom is 0.191 e. The fraction of sp³-hybridized carbons (Fsp3) is 0.632. The van der Waals surface area contributed by atoms with E-state index in [0.717, 1.165) is 43.5 Å². The van der Waals surface area contributed by atoms with Crippen molar-refractivity contribution in [3.05, 3.63) is 29.8 Å². The number of hydrogen-bond acceptors (Lipinski definition) is 5. The van der Waals surface area contributed by atoms with Gasteiger partial charge in [-0.1, -0.05) is 12.1 Å². The number of nitrogens with one attached hydrogen (secondary N) is 2. The monoisotopic (exact) mass is 367 g/mol. The molecule has 0 atom stereocenters. The van der Waals surface area contributed by atoms with E-state index in [1.165, 1.54) is 0 Å². The maximum atomic E-state index is 5.47. The average Bonchev–Trinajstić information content (AvgIpc) is 2.68. The fourth-order valence-corrected chi connectivity index (χ4v) is 2.09. The molecule has 0 aliphatic carbocycles. The van der Waals surface area contributed by atoms with Gasteiger partial charge in [-0.3, -0.25) is 0 Å². The van der Waals surface area contributed by atoms with Crippen molar-refractivity contribution in [2.45, 2.75) is 19.9 Å². The Morgan fingerprint density at radius 1 is 0.923 bits per heavy atom. The highest BCUT2D eigenvalue weighted by atomic mass is 16.5. The molecule has 26 heavy (non-hydrogen) atoms. The van der Waals surface area contributed by atoms with Gasteiger partial charge in [0.05, 0.1) is 33.5 Å². The SMILES string of the molecule is CCOCCCNC(=NCc1ccc(OC)cc1)NCCOCCOC. The maximum absolute atomic E-state index is 5.47. The number of methoxy groups -OCH3 is 2. The molecule has 0 heterocycles. The molecule has 0 saturated carbocycles. The first kappa shape index (κ1) is 22.2. The van der Waals surface area contributed by atoms with Crippen molar-refractivity contribution < 1.29 is 18.9 Å². The van der Waals surface area contributed by atoms with Crippen molar-refractivity contribution in [3.63, 3.8) is 0 Å². The molecule has 0 aromatic heterocycles. The molecule has 0 radical (unpaired) electrons. The molecule has 0 bridgehead atoms. The van der Waals surface area contributed by atoms with Gasteiger partial charge in [-0.15, -0.1) is 0 Å². The third kappa shape index (κ3) is 10.9. The molecule has 0 fully saturated rings. The van der Waals surface area contributed by atoms with E-state index in [1.54, 1.807) is 14.2 Å². The minimum atomic E-state index is 0.593. The lowest BCUT2D eigenvalue weighted by Crippen LogP contribution is -2.39. The summed E-state index contributed by atoms with van der Waals surface area (Å²) in [4.78, 5) is 4.63. The van der Waals surface area contributed by atoms with E-state index in [1.807, 2.05) is 31.2 Å². The van der Waals surface area contributed by atoms with Crippen molar-refractivity contribution in [1.29, 1.82) is 0 Å². The molecule has 0 spiro atoms. The van der Waals surface area contributed by atoms with Crippen molar-refractivity contribution in [2.75, 3.05) is 60.3 Å². The van der Waals surface area contributed by atoms with Gasteiger partial charge in [-0.2, -0.15) is 0 Å². The van der Waals surface area contributed by atoms with Crippen LogP contribution < -0.4 is 15.4 Å². The molecule has 0 aliphatic rings. The second-order valence-corrected chi connectivity index (χ2v) is 5.52. The van der Waals surface area contributed by atoms with E-state index in [0.29, 0.717) is 32.9 Å². The van der Waals surface area contributed by atoms with Crippen LogP contribution in [0.25, 0.3) is 0 Å². The zero-order valence-corrected chi connectivity index (χ0v) is 16.3. The van der Waals surface area contributed by atoms with Gasteiger partial charge in [0.15, 0.2) is 5.96 Å². The Morgan fingerprint density at radius 3 is 2.38 bits per heavy atom. The number of nitrogens with zero attached hydrogens (tertiary/aromatic N) is 1. The highest BCUT2D eigenvalue weighted by molar-refractivity contribution is 5.79. The number of benzene rings is 1. The van der Waals surface area contributed by atoms with Crippen molar-refractivity contribution in [1.82, 2.24) is 10.6 Å². The van der Waals surface area contributed by atoms with Crippen LogP contribution >= 0.6 is 0 Å². The normalized spacial score (nSPS) is 11.4. The Kier molecular flexibility index (Phi) is 13.2. The minimum absolute atomic E-state index is 0.593. The van der Waals surface area contributed by atoms with Crippen LogP contribution in [0.5, 0.6) is 5.75 Å². The molecule has 148 valence electrons. The Morgan fingerprint density at radius 2 is 1.69 bits per heavy atom. The third-order valence-corrected chi connectivity index (χ3v) is 3.51. The van der Waals surface area contributed by atoms with Gasteiger partial charge in [0.1, 0.15) is 5.75 Å². The summed E-state index contributed by atoms with van der Waals surface area (Å²) in [7, 11) is 3.33. The van der Waals surface area contributed by atoms with E-state index < -0.39 is 0 Å². The molecule has 2 N–H and O–H groups in total. The van der Waals surface area contributed by atoms with Crippen LogP contribution in [0.2, 0.25) is 0 Å². The quantitative estimate of drug-likeness (QED) is 0.297. The van der Waals surface area contributed by atoms with Crippen LogP contribution in [0.1, 0.15) is 18.9 Å². The molecule has 0 aliphatic heterocycles.